The number of halogens is 1. The fourth-order valence-electron chi connectivity index (χ4n) is 2.11. The van der Waals surface area contributed by atoms with Crippen molar-refractivity contribution in [1.29, 1.82) is 0 Å². The first-order valence-electron chi connectivity index (χ1n) is 9.94. The molecule has 246 valence electrons. The highest BCUT2D eigenvalue weighted by molar-refractivity contribution is 8.13. The summed E-state index contributed by atoms with van der Waals surface area (Å²) in [7, 11) is -23.9. The minimum Gasteiger partial charge on any atom is -0.399 e. The third kappa shape index (κ3) is 14.8. The Hall–Kier alpha value is -1.65. The van der Waals surface area contributed by atoms with Crippen LogP contribution in [0.4, 0.5) is 11.4 Å². The fraction of sp³-hybridized carbons (Fsp3) is 0.143. The number of nitrogens with two attached hydrogens (primary N) is 2. The number of nitro groups is 1. The van der Waals surface area contributed by atoms with E-state index in [2.05, 4.69) is 5.73 Å². The Labute approximate surface area is 246 Å². The van der Waals surface area contributed by atoms with Crippen LogP contribution in [0.25, 0.3) is 0 Å². The number of rotatable bonds is 9. The fourth-order valence-corrected chi connectivity index (χ4v) is 8.86. The molecule has 0 heterocycles. The van der Waals surface area contributed by atoms with Crippen LogP contribution >= 0.6 is 41.1 Å². The summed E-state index contributed by atoms with van der Waals surface area (Å²) < 4.78 is 88.5. The minimum atomic E-state index is -5.40. The van der Waals surface area contributed by atoms with Gasteiger partial charge in [0.05, 0.1) is 14.7 Å². The Morgan fingerprint density at radius 1 is 0.721 bits per heavy atom. The third-order valence-corrected chi connectivity index (χ3v) is 13.8. The summed E-state index contributed by atoms with van der Waals surface area (Å²) in [5, 5.41) is 10.2. The van der Waals surface area contributed by atoms with E-state index >= 15 is 0 Å². The summed E-state index contributed by atoms with van der Waals surface area (Å²) in [6, 6.07) is 8.78. The third-order valence-electron chi connectivity index (χ3n) is 4.11. The number of anilines is 1. The summed E-state index contributed by atoms with van der Waals surface area (Å²) in [4.78, 5) is 76.8. The van der Waals surface area contributed by atoms with Gasteiger partial charge >= 0.3 is 30.4 Å². The molecule has 2 rings (SSSR count). The van der Waals surface area contributed by atoms with Crippen LogP contribution in [-0.4, -0.2) is 72.0 Å². The zero-order chi connectivity index (χ0) is 34.4. The molecule has 0 saturated heterocycles. The van der Waals surface area contributed by atoms with Crippen LogP contribution in [0.5, 0.6) is 0 Å². The Morgan fingerprint density at radius 2 is 1.07 bits per heavy atom. The quantitative estimate of drug-likeness (QED) is 0.0494. The number of nitro benzene ring substituents is 1. The highest BCUT2D eigenvalue weighted by Gasteiger charge is 2.46. The van der Waals surface area contributed by atoms with Gasteiger partial charge in [-0.05, 0) is 36.4 Å². The lowest BCUT2D eigenvalue weighted by molar-refractivity contribution is -0.384. The second kappa shape index (κ2) is 15.1. The molecule has 0 bridgehead atoms. The minimum absolute atomic E-state index is 0.153. The summed E-state index contributed by atoms with van der Waals surface area (Å²) in [5.41, 5.74) is 4.66. The van der Waals surface area contributed by atoms with Crippen LogP contribution in [0.2, 0.25) is 0 Å². The maximum Gasteiger partial charge on any atom is 0.355 e. The van der Waals surface area contributed by atoms with Crippen LogP contribution < -0.4 is 16.2 Å². The Kier molecular flexibility index (Phi) is 14.5. The lowest BCUT2D eigenvalue weighted by Gasteiger charge is -2.20. The SMILES string of the molecule is NC(P(=O)(O)O)P(=O)(O)O.Nc1ccc(S(=O)(=O)NC(P(=O)(O)O)P(=O)(O)O)cc1.O=[N+]([O-])c1ccc(S(=O)(=O)Cl)cc1. The number of hydrogen-bond donors (Lipinski definition) is 11. The maximum absolute atomic E-state index is 11.8. The van der Waals surface area contributed by atoms with Gasteiger partial charge in [0, 0.05) is 28.5 Å². The van der Waals surface area contributed by atoms with Gasteiger partial charge in [-0.15, -0.1) is 0 Å². The molecule has 0 aliphatic rings. The molecule has 0 aromatic heterocycles. The molecule has 2 aromatic carbocycles. The lowest BCUT2D eigenvalue weighted by atomic mass is 10.3. The molecule has 0 radical (unpaired) electrons. The van der Waals surface area contributed by atoms with Crippen molar-refractivity contribution in [2.75, 3.05) is 5.73 Å². The molecule has 0 aliphatic carbocycles. The molecule has 0 amide bonds. The van der Waals surface area contributed by atoms with Gasteiger partial charge in [-0.2, -0.15) is 4.72 Å². The van der Waals surface area contributed by atoms with E-state index in [4.69, 9.17) is 55.6 Å². The molecule has 0 atom stereocenters. The molecule has 0 fully saturated rings. The molecule has 0 unspecified atom stereocenters. The van der Waals surface area contributed by atoms with E-state index in [9.17, 15) is 45.2 Å². The summed E-state index contributed by atoms with van der Waals surface area (Å²) in [6.45, 7) is 0. The van der Waals surface area contributed by atoms with Gasteiger partial charge in [0.15, 0.2) is 0 Å². The van der Waals surface area contributed by atoms with E-state index in [1.807, 2.05) is 0 Å². The highest BCUT2D eigenvalue weighted by Crippen LogP contribution is 2.58. The topological polar surface area (TPSA) is 406 Å². The van der Waals surface area contributed by atoms with Crippen molar-refractivity contribution in [2.45, 2.75) is 20.8 Å². The zero-order valence-electron chi connectivity index (χ0n) is 20.5. The number of hydrogen-bond acceptors (Lipinski definition) is 12. The molecule has 0 saturated carbocycles. The molecular formula is C14H23ClN4O18P4S2. The highest BCUT2D eigenvalue weighted by atomic mass is 35.7. The second-order valence-corrected chi connectivity index (χ2v) is 19.5. The van der Waals surface area contributed by atoms with E-state index in [0.717, 1.165) is 36.4 Å². The average Bonchev–Trinajstić information content (AvgIpc) is 2.80. The second-order valence-electron chi connectivity index (χ2n) is 7.52. The normalized spacial score (nSPS) is 13.0. The van der Waals surface area contributed by atoms with Crippen LogP contribution in [0.1, 0.15) is 0 Å². The van der Waals surface area contributed by atoms with Crippen molar-refractivity contribution in [3.8, 4) is 0 Å². The summed E-state index contributed by atoms with van der Waals surface area (Å²) >= 11 is 0. The van der Waals surface area contributed by atoms with Crippen molar-refractivity contribution in [3.05, 3.63) is 58.6 Å². The summed E-state index contributed by atoms with van der Waals surface area (Å²) in [5.74, 6) is 0. The smallest absolute Gasteiger partial charge is 0.355 e. The van der Waals surface area contributed by atoms with Gasteiger partial charge in [0.1, 0.15) is 0 Å². The lowest BCUT2D eigenvalue weighted by Crippen LogP contribution is -2.34. The van der Waals surface area contributed by atoms with Crippen LogP contribution in [0.3, 0.4) is 0 Å². The average molecular weight is 759 g/mol. The van der Waals surface area contributed by atoms with Crippen LogP contribution in [0.15, 0.2) is 58.3 Å². The van der Waals surface area contributed by atoms with Gasteiger partial charge in [-0.25, -0.2) is 16.8 Å². The molecule has 29 heteroatoms. The van der Waals surface area contributed by atoms with E-state index in [-0.39, 0.29) is 16.3 Å². The molecular weight excluding hydrogens is 736 g/mol. The molecule has 0 spiro atoms. The van der Waals surface area contributed by atoms with Gasteiger partial charge in [-0.3, -0.25) is 28.4 Å². The standard InChI is InChI=1S/C7H12N2O8P2S.C6H4ClNO4S.CH7NO6P2/c8-5-1-3-6(4-2-5)20(16,17)9-7(18(10,11)12)19(13,14)15;7-13(11,12)6-3-1-5(2-4-6)8(9)10;2-1(9(3,4)5)10(6,7)8/h1-4,7,9H,8H2,(H2,10,11,12)(H2,13,14,15);1-4H;1H,2H2,(H2,3,4,5)(H2,6,7,8). The first-order chi connectivity index (χ1) is 18.9. The zero-order valence-corrected chi connectivity index (χ0v) is 26.5. The van der Waals surface area contributed by atoms with Crippen molar-refractivity contribution in [1.82, 2.24) is 4.72 Å². The van der Waals surface area contributed by atoms with E-state index in [1.54, 1.807) is 0 Å². The Morgan fingerprint density at radius 3 is 1.33 bits per heavy atom. The largest absolute Gasteiger partial charge is 0.399 e. The van der Waals surface area contributed by atoms with E-state index in [0.29, 0.717) is 0 Å². The first kappa shape index (κ1) is 41.4. The van der Waals surface area contributed by atoms with E-state index in [1.165, 1.54) is 16.9 Å². The first-order valence-corrected chi connectivity index (χ1v) is 20.5. The van der Waals surface area contributed by atoms with Crippen molar-refractivity contribution in [3.63, 3.8) is 0 Å². The molecule has 0 aliphatic heterocycles. The van der Waals surface area contributed by atoms with Crippen molar-refractivity contribution < 1.29 is 79.2 Å². The van der Waals surface area contributed by atoms with Gasteiger partial charge in [0.25, 0.3) is 14.7 Å². The maximum atomic E-state index is 11.8. The van der Waals surface area contributed by atoms with Crippen molar-refractivity contribution in [2.24, 2.45) is 5.73 Å². The van der Waals surface area contributed by atoms with Crippen molar-refractivity contribution >= 4 is 71.5 Å². The number of benzene rings is 2. The molecule has 2 aromatic rings. The predicted octanol–water partition coefficient (Wildman–Crippen LogP) is -0.707. The number of nitrogens with one attached hydrogen (secondary N) is 1. The molecule has 22 nitrogen and oxygen atoms in total. The molecule has 13 N–H and O–H groups in total. The number of non-ortho nitro benzene ring substituents is 1. The number of nitrogen functional groups attached to an aromatic ring is 1. The molecule has 43 heavy (non-hydrogen) atoms. The van der Waals surface area contributed by atoms with E-state index < -0.39 is 70.3 Å². The summed E-state index contributed by atoms with van der Waals surface area (Å²) in [6.07, 6.45) is 0. The van der Waals surface area contributed by atoms with Gasteiger partial charge in [0.2, 0.25) is 21.1 Å². The van der Waals surface area contributed by atoms with Crippen LogP contribution in [-0.2, 0) is 37.3 Å². The number of nitrogens with zero attached hydrogens (tertiary/aromatic N) is 1. The van der Waals surface area contributed by atoms with Gasteiger partial charge < -0.3 is 50.6 Å². The predicted molar refractivity (Wildman–Crippen MR) is 147 cm³/mol. The van der Waals surface area contributed by atoms with Crippen LogP contribution in [0, 0.1) is 10.1 Å². The Balaban J connectivity index is 0.000000662. The number of sulfonamides is 1. The van der Waals surface area contributed by atoms with Gasteiger partial charge in [-0.1, -0.05) is 0 Å². The Bertz CT molecular complexity index is 1640. The monoisotopic (exact) mass is 758 g/mol.